The molecule has 23 heavy (non-hydrogen) atoms. The lowest BCUT2D eigenvalue weighted by molar-refractivity contribution is 0.177. The van der Waals surface area contributed by atoms with E-state index in [0.717, 1.165) is 43.9 Å². The number of methoxy groups -OCH3 is 1. The van der Waals surface area contributed by atoms with Gasteiger partial charge < -0.3 is 19.5 Å². The normalized spacial score (nSPS) is 15.4. The summed E-state index contributed by atoms with van der Waals surface area (Å²) in [6.07, 6.45) is 7.67. The minimum absolute atomic E-state index is 0.0423. The van der Waals surface area contributed by atoms with Gasteiger partial charge in [0.25, 0.3) is 0 Å². The number of piperidine rings is 1. The smallest absolute Gasteiger partial charge is 0.321 e. The molecule has 0 atom stereocenters. The highest BCUT2D eigenvalue weighted by Crippen LogP contribution is 2.21. The van der Waals surface area contributed by atoms with Crippen molar-refractivity contribution in [2.24, 2.45) is 5.92 Å². The number of anilines is 1. The van der Waals surface area contributed by atoms with Crippen LogP contribution in [0.3, 0.4) is 0 Å². The van der Waals surface area contributed by atoms with Gasteiger partial charge in [-0.3, -0.25) is 0 Å². The maximum atomic E-state index is 12.3. The first-order valence-corrected chi connectivity index (χ1v) is 7.90. The van der Waals surface area contributed by atoms with E-state index in [1.54, 1.807) is 13.3 Å². The fraction of sp³-hybridized carbons (Fsp3) is 0.412. The van der Waals surface area contributed by atoms with Crippen molar-refractivity contribution >= 4 is 11.7 Å². The third-order valence-corrected chi connectivity index (χ3v) is 4.25. The summed E-state index contributed by atoms with van der Waals surface area (Å²) >= 11 is 0. The number of hydrogen-bond acceptors (Lipinski definition) is 3. The number of nitrogens with zero attached hydrogens (tertiary/aromatic N) is 3. The molecular formula is C17H22N4O2. The van der Waals surface area contributed by atoms with Crippen LogP contribution in [0.5, 0.6) is 5.75 Å². The Morgan fingerprint density at radius 2 is 2.22 bits per heavy atom. The summed E-state index contributed by atoms with van der Waals surface area (Å²) in [6.45, 7) is 2.55. The molecule has 122 valence electrons. The number of rotatable bonds is 4. The Morgan fingerprint density at radius 3 is 2.91 bits per heavy atom. The van der Waals surface area contributed by atoms with E-state index >= 15 is 0 Å². The van der Waals surface area contributed by atoms with Crippen LogP contribution in [0.25, 0.3) is 0 Å². The van der Waals surface area contributed by atoms with Gasteiger partial charge in [0, 0.05) is 43.8 Å². The van der Waals surface area contributed by atoms with Gasteiger partial charge in [0.2, 0.25) is 0 Å². The summed E-state index contributed by atoms with van der Waals surface area (Å²) in [5, 5.41) is 2.94. The van der Waals surface area contributed by atoms with Gasteiger partial charge in [-0.25, -0.2) is 9.78 Å². The van der Waals surface area contributed by atoms with Crippen molar-refractivity contribution in [1.82, 2.24) is 14.5 Å². The van der Waals surface area contributed by atoms with Gasteiger partial charge in [0.05, 0.1) is 13.4 Å². The van der Waals surface area contributed by atoms with Crippen LogP contribution < -0.4 is 10.1 Å². The van der Waals surface area contributed by atoms with E-state index in [0.29, 0.717) is 5.92 Å². The first-order valence-electron chi connectivity index (χ1n) is 7.90. The topological polar surface area (TPSA) is 59.4 Å². The number of nitrogens with one attached hydrogen (secondary N) is 1. The van der Waals surface area contributed by atoms with Crippen molar-refractivity contribution in [3.63, 3.8) is 0 Å². The molecule has 6 heteroatoms. The van der Waals surface area contributed by atoms with E-state index in [1.807, 2.05) is 41.7 Å². The molecular weight excluding hydrogens is 292 g/mol. The van der Waals surface area contributed by atoms with Crippen LogP contribution in [0, 0.1) is 5.92 Å². The standard InChI is InChI=1S/C17H22N4O2/c1-23-16-4-2-3-15(11-16)19-17(22)21-8-5-14(6-9-21)12-20-10-7-18-13-20/h2-4,7,10-11,13-14H,5-6,8-9,12H2,1H3,(H,19,22). The molecule has 2 aromatic rings. The summed E-state index contributed by atoms with van der Waals surface area (Å²) in [5.41, 5.74) is 0.759. The van der Waals surface area contributed by atoms with Crippen LogP contribution >= 0.6 is 0 Å². The molecule has 0 radical (unpaired) electrons. The molecule has 0 spiro atoms. The van der Waals surface area contributed by atoms with Crippen molar-refractivity contribution in [3.8, 4) is 5.75 Å². The van der Waals surface area contributed by atoms with Crippen molar-refractivity contribution in [2.45, 2.75) is 19.4 Å². The molecule has 0 aliphatic carbocycles. The minimum Gasteiger partial charge on any atom is -0.497 e. The average molecular weight is 314 g/mol. The number of likely N-dealkylation sites (tertiary alicyclic amines) is 1. The van der Waals surface area contributed by atoms with E-state index in [-0.39, 0.29) is 6.03 Å². The summed E-state index contributed by atoms with van der Waals surface area (Å²) < 4.78 is 7.28. The van der Waals surface area contributed by atoms with Gasteiger partial charge in [-0.1, -0.05) is 6.07 Å². The van der Waals surface area contributed by atoms with E-state index in [2.05, 4.69) is 14.9 Å². The third kappa shape index (κ3) is 4.03. The number of carbonyl (C=O) groups excluding carboxylic acids is 1. The zero-order chi connectivity index (χ0) is 16.1. The molecule has 1 N–H and O–H groups in total. The number of aromatic nitrogens is 2. The molecule has 2 heterocycles. The number of benzene rings is 1. The van der Waals surface area contributed by atoms with E-state index in [4.69, 9.17) is 4.74 Å². The monoisotopic (exact) mass is 314 g/mol. The molecule has 0 saturated carbocycles. The van der Waals surface area contributed by atoms with E-state index < -0.39 is 0 Å². The number of ether oxygens (including phenoxy) is 1. The summed E-state index contributed by atoms with van der Waals surface area (Å²) in [6, 6.07) is 7.37. The van der Waals surface area contributed by atoms with Gasteiger partial charge in [0.15, 0.2) is 0 Å². The van der Waals surface area contributed by atoms with Crippen molar-refractivity contribution < 1.29 is 9.53 Å². The van der Waals surface area contributed by atoms with Gasteiger partial charge in [0.1, 0.15) is 5.75 Å². The van der Waals surface area contributed by atoms with Crippen LogP contribution in [-0.4, -0.2) is 40.7 Å². The molecule has 6 nitrogen and oxygen atoms in total. The second kappa shape index (κ2) is 7.17. The molecule has 1 aromatic heterocycles. The SMILES string of the molecule is COc1cccc(NC(=O)N2CCC(Cn3ccnc3)CC2)c1. The Kier molecular flexibility index (Phi) is 4.80. The van der Waals surface area contributed by atoms with E-state index in [1.165, 1.54) is 0 Å². The molecule has 1 aliphatic rings. The lowest BCUT2D eigenvalue weighted by atomic mass is 9.97. The number of urea groups is 1. The largest absolute Gasteiger partial charge is 0.497 e. The lowest BCUT2D eigenvalue weighted by Crippen LogP contribution is -2.41. The molecule has 0 bridgehead atoms. The van der Waals surface area contributed by atoms with Crippen molar-refractivity contribution in [2.75, 3.05) is 25.5 Å². The summed E-state index contributed by atoms with van der Waals surface area (Å²) in [7, 11) is 1.62. The van der Waals surface area contributed by atoms with Crippen LogP contribution in [0.15, 0.2) is 43.0 Å². The Labute approximate surface area is 136 Å². The van der Waals surface area contributed by atoms with Gasteiger partial charge in [-0.15, -0.1) is 0 Å². The van der Waals surface area contributed by atoms with Crippen molar-refractivity contribution in [3.05, 3.63) is 43.0 Å². The maximum Gasteiger partial charge on any atom is 0.321 e. The quantitative estimate of drug-likeness (QED) is 0.944. The highest BCUT2D eigenvalue weighted by atomic mass is 16.5. The minimum atomic E-state index is -0.0423. The van der Waals surface area contributed by atoms with Crippen LogP contribution in [-0.2, 0) is 6.54 Å². The Balaban J connectivity index is 1.49. The Hall–Kier alpha value is -2.50. The molecule has 1 aromatic carbocycles. The number of hydrogen-bond donors (Lipinski definition) is 1. The van der Waals surface area contributed by atoms with Gasteiger partial charge in [-0.2, -0.15) is 0 Å². The average Bonchev–Trinajstić information content (AvgIpc) is 3.08. The maximum absolute atomic E-state index is 12.3. The first kappa shape index (κ1) is 15.4. The van der Waals surface area contributed by atoms with Crippen LogP contribution in [0.1, 0.15) is 12.8 Å². The third-order valence-electron chi connectivity index (χ3n) is 4.25. The number of amides is 2. The lowest BCUT2D eigenvalue weighted by Gasteiger charge is -2.32. The highest BCUT2D eigenvalue weighted by Gasteiger charge is 2.23. The second-order valence-corrected chi connectivity index (χ2v) is 5.85. The predicted octanol–water partition coefficient (Wildman–Crippen LogP) is 2.84. The van der Waals surface area contributed by atoms with Crippen LogP contribution in [0.2, 0.25) is 0 Å². The molecule has 3 rings (SSSR count). The number of imidazole rings is 1. The fourth-order valence-corrected chi connectivity index (χ4v) is 2.91. The fourth-order valence-electron chi connectivity index (χ4n) is 2.91. The Morgan fingerprint density at radius 1 is 1.39 bits per heavy atom. The molecule has 1 fully saturated rings. The van der Waals surface area contributed by atoms with Gasteiger partial charge in [-0.05, 0) is 30.9 Å². The summed E-state index contributed by atoms with van der Waals surface area (Å²) in [5.74, 6) is 1.34. The van der Waals surface area contributed by atoms with E-state index in [9.17, 15) is 4.79 Å². The van der Waals surface area contributed by atoms with Gasteiger partial charge >= 0.3 is 6.03 Å². The second-order valence-electron chi connectivity index (χ2n) is 5.85. The molecule has 0 unspecified atom stereocenters. The first-order chi connectivity index (χ1) is 11.2. The zero-order valence-electron chi connectivity index (χ0n) is 13.3. The van der Waals surface area contributed by atoms with Crippen LogP contribution in [0.4, 0.5) is 10.5 Å². The molecule has 1 aliphatic heterocycles. The highest BCUT2D eigenvalue weighted by molar-refractivity contribution is 5.89. The zero-order valence-corrected chi connectivity index (χ0v) is 13.3. The van der Waals surface area contributed by atoms with Crippen molar-refractivity contribution in [1.29, 1.82) is 0 Å². The molecule has 1 saturated heterocycles. The summed E-state index contributed by atoms with van der Waals surface area (Å²) in [4.78, 5) is 18.3. The number of carbonyl (C=O) groups is 1. The Bertz CT molecular complexity index is 634. The predicted molar refractivity (Wildman–Crippen MR) is 88.5 cm³/mol. The molecule has 2 amide bonds.